The number of ether oxygens (including phenoxy) is 2. The van der Waals surface area contributed by atoms with E-state index in [9.17, 15) is 19.1 Å². The summed E-state index contributed by atoms with van der Waals surface area (Å²) in [5.41, 5.74) is 0.725. The van der Waals surface area contributed by atoms with Gasteiger partial charge < -0.3 is 24.7 Å². The number of hydrogen-bond acceptors (Lipinski definition) is 5. The Morgan fingerprint density at radius 2 is 1.72 bits per heavy atom. The van der Waals surface area contributed by atoms with Crippen LogP contribution in [0.2, 0.25) is 0 Å². The molecule has 0 radical (unpaired) electrons. The number of rotatable bonds is 7. The van der Waals surface area contributed by atoms with Gasteiger partial charge in [-0.1, -0.05) is 12.1 Å². The predicted octanol–water partition coefficient (Wildman–Crippen LogP) is 1.45. The summed E-state index contributed by atoms with van der Waals surface area (Å²) >= 11 is 0. The van der Waals surface area contributed by atoms with Gasteiger partial charge in [-0.25, -0.2) is 4.39 Å². The molecule has 0 saturated carbocycles. The minimum atomic E-state index is -1.33. The van der Waals surface area contributed by atoms with E-state index in [0.717, 1.165) is 0 Å². The number of methoxy groups -OCH3 is 2. The zero-order chi connectivity index (χ0) is 18.4. The maximum absolute atomic E-state index is 13.1. The van der Waals surface area contributed by atoms with E-state index in [1.54, 1.807) is 6.07 Å². The van der Waals surface area contributed by atoms with E-state index in [2.05, 4.69) is 5.32 Å². The van der Waals surface area contributed by atoms with Crippen molar-refractivity contribution in [2.24, 2.45) is 0 Å². The number of carboxylic acid groups (broad SMARTS) is 1. The molecule has 0 aliphatic carbocycles. The summed E-state index contributed by atoms with van der Waals surface area (Å²) in [7, 11) is 2.92. The highest BCUT2D eigenvalue weighted by Gasteiger charge is 2.18. The Morgan fingerprint density at radius 3 is 2.28 bits per heavy atom. The Labute approximate surface area is 144 Å². The summed E-state index contributed by atoms with van der Waals surface area (Å²) in [6, 6.07) is 8.94. The lowest BCUT2D eigenvalue weighted by Gasteiger charge is -2.20. The van der Waals surface area contributed by atoms with Crippen LogP contribution in [-0.4, -0.2) is 26.1 Å². The first-order valence-electron chi connectivity index (χ1n) is 7.42. The van der Waals surface area contributed by atoms with Gasteiger partial charge in [-0.05, 0) is 35.9 Å². The normalized spacial score (nSPS) is 11.5. The molecule has 2 aromatic carbocycles. The Bertz CT molecular complexity index is 761. The highest BCUT2D eigenvalue weighted by Crippen LogP contribution is 2.28. The lowest BCUT2D eigenvalue weighted by Crippen LogP contribution is -2.34. The maximum Gasteiger partial charge on any atom is 0.251 e. The van der Waals surface area contributed by atoms with Crippen molar-refractivity contribution < 1.29 is 28.6 Å². The molecule has 0 spiro atoms. The quantitative estimate of drug-likeness (QED) is 0.820. The van der Waals surface area contributed by atoms with Gasteiger partial charge in [0, 0.05) is 18.0 Å². The van der Waals surface area contributed by atoms with Crippen molar-refractivity contribution >= 4 is 11.9 Å². The van der Waals surface area contributed by atoms with Gasteiger partial charge in [0.1, 0.15) is 5.82 Å². The van der Waals surface area contributed by atoms with Crippen LogP contribution in [0, 0.1) is 5.82 Å². The van der Waals surface area contributed by atoms with E-state index in [1.807, 2.05) is 0 Å². The molecule has 0 heterocycles. The summed E-state index contributed by atoms with van der Waals surface area (Å²) in [6.07, 6.45) is -0.440. The SMILES string of the molecule is COc1ccc(C(=O)N[C@H](CC(=O)[O-])c2ccc(F)cc2)cc1OC. The smallest absolute Gasteiger partial charge is 0.251 e. The molecule has 1 atom stereocenters. The van der Waals surface area contributed by atoms with Crippen LogP contribution in [-0.2, 0) is 4.79 Å². The largest absolute Gasteiger partial charge is 0.550 e. The van der Waals surface area contributed by atoms with E-state index >= 15 is 0 Å². The van der Waals surface area contributed by atoms with Crippen LogP contribution in [0.3, 0.4) is 0 Å². The average Bonchev–Trinajstić information content (AvgIpc) is 2.60. The lowest BCUT2D eigenvalue weighted by atomic mass is 10.0. The van der Waals surface area contributed by atoms with Gasteiger partial charge in [-0.3, -0.25) is 4.79 Å². The molecule has 25 heavy (non-hydrogen) atoms. The minimum absolute atomic E-state index is 0.267. The number of carbonyl (C=O) groups is 2. The minimum Gasteiger partial charge on any atom is -0.550 e. The third kappa shape index (κ3) is 4.69. The maximum atomic E-state index is 13.1. The number of carboxylic acids is 1. The van der Waals surface area contributed by atoms with Crippen LogP contribution >= 0.6 is 0 Å². The molecule has 1 N–H and O–H groups in total. The second kappa shape index (κ2) is 8.14. The molecular formula is C18H17FNO5-. The van der Waals surface area contributed by atoms with Crippen molar-refractivity contribution in [1.82, 2.24) is 5.32 Å². The van der Waals surface area contributed by atoms with E-state index in [1.165, 1.54) is 50.6 Å². The fraction of sp³-hybridized carbons (Fsp3) is 0.222. The summed E-state index contributed by atoms with van der Waals surface area (Å²) in [5.74, 6) is -1.46. The number of halogens is 1. The van der Waals surface area contributed by atoms with Gasteiger partial charge >= 0.3 is 0 Å². The monoisotopic (exact) mass is 346 g/mol. The Morgan fingerprint density at radius 1 is 1.08 bits per heavy atom. The number of nitrogens with one attached hydrogen (secondary N) is 1. The van der Waals surface area contributed by atoms with Gasteiger partial charge in [0.25, 0.3) is 5.91 Å². The van der Waals surface area contributed by atoms with Gasteiger partial charge in [0.05, 0.1) is 20.3 Å². The molecule has 1 amide bonds. The average molecular weight is 346 g/mol. The number of hydrogen-bond donors (Lipinski definition) is 1. The first kappa shape index (κ1) is 18.3. The van der Waals surface area contributed by atoms with Crippen molar-refractivity contribution in [3.05, 3.63) is 59.4 Å². The molecule has 0 aromatic heterocycles. The lowest BCUT2D eigenvalue weighted by molar-refractivity contribution is -0.306. The molecule has 132 valence electrons. The van der Waals surface area contributed by atoms with Crippen LogP contribution in [0.25, 0.3) is 0 Å². The number of carbonyl (C=O) groups excluding carboxylic acids is 2. The highest BCUT2D eigenvalue weighted by atomic mass is 19.1. The van der Waals surface area contributed by atoms with Crippen molar-refractivity contribution in [2.75, 3.05) is 14.2 Å². The molecule has 0 fully saturated rings. The van der Waals surface area contributed by atoms with Crippen LogP contribution in [0.5, 0.6) is 11.5 Å². The van der Waals surface area contributed by atoms with Crippen LogP contribution in [0.4, 0.5) is 4.39 Å². The second-order valence-electron chi connectivity index (χ2n) is 5.22. The Kier molecular flexibility index (Phi) is 5.94. The third-order valence-corrected chi connectivity index (χ3v) is 3.59. The number of benzene rings is 2. The van der Waals surface area contributed by atoms with Crippen molar-refractivity contribution in [3.8, 4) is 11.5 Å². The van der Waals surface area contributed by atoms with E-state index < -0.39 is 30.2 Å². The van der Waals surface area contributed by atoms with E-state index in [-0.39, 0.29) is 5.56 Å². The zero-order valence-electron chi connectivity index (χ0n) is 13.7. The molecule has 2 rings (SSSR count). The zero-order valence-corrected chi connectivity index (χ0v) is 13.7. The van der Waals surface area contributed by atoms with E-state index in [0.29, 0.717) is 17.1 Å². The highest BCUT2D eigenvalue weighted by molar-refractivity contribution is 5.95. The standard InChI is InChI=1S/C18H18FNO5/c1-24-15-8-5-12(9-16(15)25-2)18(23)20-14(10-17(21)22)11-3-6-13(19)7-4-11/h3-9,14H,10H2,1-2H3,(H,20,23)(H,21,22)/p-1/t14-/m1/s1. The van der Waals surface area contributed by atoms with Crippen LogP contribution in [0.1, 0.15) is 28.4 Å². The summed E-state index contributed by atoms with van der Waals surface area (Å²) in [6.45, 7) is 0. The van der Waals surface area contributed by atoms with Gasteiger partial charge in [0.15, 0.2) is 11.5 Å². The first-order chi connectivity index (χ1) is 11.9. The third-order valence-electron chi connectivity index (χ3n) is 3.59. The fourth-order valence-electron chi connectivity index (χ4n) is 2.33. The van der Waals surface area contributed by atoms with Crippen LogP contribution in [0.15, 0.2) is 42.5 Å². The molecule has 0 aliphatic heterocycles. The van der Waals surface area contributed by atoms with Gasteiger partial charge in [-0.2, -0.15) is 0 Å². The Balaban J connectivity index is 2.24. The Hall–Kier alpha value is -3.09. The predicted molar refractivity (Wildman–Crippen MR) is 85.8 cm³/mol. The molecule has 2 aromatic rings. The van der Waals surface area contributed by atoms with E-state index in [4.69, 9.17) is 9.47 Å². The summed E-state index contributed by atoms with van der Waals surface area (Å²) < 4.78 is 23.3. The molecular weight excluding hydrogens is 329 g/mol. The molecule has 0 unspecified atom stereocenters. The van der Waals surface area contributed by atoms with Crippen molar-refractivity contribution in [2.45, 2.75) is 12.5 Å². The topological polar surface area (TPSA) is 87.7 Å². The molecule has 0 aliphatic rings. The molecule has 7 heteroatoms. The first-order valence-corrected chi connectivity index (χ1v) is 7.42. The molecule has 6 nitrogen and oxygen atoms in total. The van der Waals surface area contributed by atoms with Crippen molar-refractivity contribution in [1.29, 1.82) is 0 Å². The summed E-state index contributed by atoms with van der Waals surface area (Å²) in [5, 5.41) is 13.6. The van der Waals surface area contributed by atoms with Gasteiger partial charge in [-0.15, -0.1) is 0 Å². The fourth-order valence-corrected chi connectivity index (χ4v) is 2.33. The number of amides is 1. The number of aliphatic carboxylic acids is 1. The molecule has 0 saturated heterocycles. The molecule has 0 bridgehead atoms. The van der Waals surface area contributed by atoms with Gasteiger partial charge in [0.2, 0.25) is 0 Å². The summed E-state index contributed by atoms with van der Waals surface area (Å²) in [4.78, 5) is 23.4. The van der Waals surface area contributed by atoms with Crippen LogP contribution < -0.4 is 19.9 Å². The second-order valence-corrected chi connectivity index (χ2v) is 5.22. The van der Waals surface area contributed by atoms with Crippen molar-refractivity contribution in [3.63, 3.8) is 0 Å².